The SMILES string of the molecule is Cc1ccc(Sc2ccc(/C=C3\C(=O)NC(=S)N(c4ccc(C)cc4C)C3=O)o2)cc1. The van der Waals surface area contributed by atoms with E-state index in [9.17, 15) is 9.59 Å². The molecule has 2 aromatic carbocycles. The molecule has 2 heterocycles. The Kier molecular flexibility index (Phi) is 5.80. The molecule has 1 saturated heterocycles. The number of hydrogen-bond donors (Lipinski definition) is 1. The van der Waals surface area contributed by atoms with Gasteiger partial charge in [-0.2, -0.15) is 0 Å². The first-order chi connectivity index (χ1) is 14.8. The number of furan rings is 1. The number of rotatable bonds is 4. The largest absolute Gasteiger partial charge is 0.450 e. The molecular formula is C24H20N2O3S2. The second-order valence-corrected chi connectivity index (χ2v) is 8.78. The minimum Gasteiger partial charge on any atom is -0.450 e. The van der Waals surface area contributed by atoms with Gasteiger partial charge >= 0.3 is 0 Å². The molecule has 0 radical (unpaired) electrons. The van der Waals surface area contributed by atoms with Crippen LogP contribution in [0, 0.1) is 20.8 Å². The minimum absolute atomic E-state index is 0.0326. The maximum Gasteiger partial charge on any atom is 0.270 e. The zero-order chi connectivity index (χ0) is 22.1. The predicted octanol–water partition coefficient (Wildman–Crippen LogP) is 5.19. The Bertz CT molecular complexity index is 1230. The molecule has 5 nitrogen and oxygen atoms in total. The highest BCUT2D eigenvalue weighted by Gasteiger charge is 2.35. The first-order valence-electron chi connectivity index (χ1n) is 9.65. The summed E-state index contributed by atoms with van der Waals surface area (Å²) in [6, 6.07) is 17.3. The van der Waals surface area contributed by atoms with Gasteiger partial charge in [0.05, 0.1) is 5.69 Å². The number of carbonyl (C=O) groups excluding carboxylic acids is 2. The lowest BCUT2D eigenvalue weighted by Gasteiger charge is -2.30. The lowest BCUT2D eigenvalue weighted by Crippen LogP contribution is -2.54. The molecule has 0 unspecified atom stereocenters. The van der Waals surface area contributed by atoms with E-state index in [4.69, 9.17) is 16.6 Å². The quantitative estimate of drug-likeness (QED) is 0.338. The molecule has 4 rings (SSSR count). The molecule has 0 spiro atoms. The van der Waals surface area contributed by atoms with Crippen LogP contribution in [-0.4, -0.2) is 16.9 Å². The summed E-state index contributed by atoms with van der Waals surface area (Å²) in [5, 5.41) is 3.34. The zero-order valence-corrected chi connectivity index (χ0v) is 18.9. The van der Waals surface area contributed by atoms with E-state index in [1.54, 1.807) is 6.07 Å². The molecule has 3 aromatic rings. The van der Waals surface area contributed by atoms with Crippen molar-refractivity contribution in [2.24, 2.45) is 0 Å². The first kappa shape index (κ1) is 21.1. The molecule has 2 amide bonds. The van der Waals surface area contributed by atoms with Gasteiger partial charge < -0.3 is 4.42 Å². The van der Waals surface area contributed by atoms with Crippen molar-refractivity contribution in [3.8, 4) is 0 Å². The van der Waals surface area contributed by atoms with Crippen LogP contribution in [0.25, 0.3) is 6.08 Å². The van der Waals surface area contributed by atoms with Crippen molar-refractivity contribution in [1.82, 2.24) is 5.32 Å². The van der Waals surface area contributed by atoms with Gasteiger partial charge in [-0.3, -0.25) is 19.8 Å². The van der Waals surface area contributed by atoms with Gasteiger partial charge in [0.1, 0.15) is 11.3 Å². The third kappa shape index (κ3) is 4.47. The van der Waals surface area contributed by atoms with Crippen molar-refractivity contribution in [3.63, 3.8) is 0 Å². The first-order valence-corrected chi connectivity index (χ1v) is 10.9. The van der Waals surface area contributed by atoms with Crippen LogP contribution in [0.15, 0.2) is 74.6 Å². The average Bonchev–Trinajstić information content (AvgIpc) is 3.15. The van der Waals surface area contributed by atoms with Gasteiger partial charge in [0.2, 0.25) is 0 Å². The third-order valence-corrected chi connectivity index (χ3v) is 6.04. The van der Waals surface area contributed by atoms with Crippen LogP contribution in [0.5, 0.6) is 0 Å². The van der Waals surface area contributed by atoms with Crippen molar-refractivity contribution in [2.75, 3.05) is 4.90 Å². The smallest absolute Gasteiger partial charge is 0.270 e. The van der Waals surface area contributed by atoms with Gasteiger partial charge in [0.25, 0.3) is 11.8 Å². The highest BCUT2D eigenvalue weighted by atomic mass is 32.2. The summed E-state index contributed by atoms with van der Waals surface area (Å²) in [5.41, 5.74) is 3.75. The second-order valence-electron chi connectivity index (χ2n) is 7.32. The number of hydrogen-bond acceptors (Lipinski definition) is 5. The van der Waals surface area contributed by atoms with Crippen LogP contribution in [0.4, 0.5) is 5.69 Å². The Labute approximate surface area is 190 Å². The van der Waals surface area contributed by atoms with E-state index in [0.717, 1.165) is 16.0 Å². The summed E-state index contributed by atoms with van der Waals surface area (Å²) in [6.45, 7) is 5.91. The minimum atomic E-state index is -0.542. The van der Waals surface area contributed by atoms with E-state index < -0.39 is 11.8 Å². The number of benzene rings is 2. The van der Waals surface area contributed by atoms with E-state index in [1.165, 1.54) is 28.3 Å². The fourth-order valence-corrected chi connectivity index (χ4v) is 4.32. The number of amides is 2. The number of thiocarbonyl (C=S) groups is 1. The Balaban J connectivity index is 1.61. The number of aryl methyl sites for hydroxylation is 3. The van der Waals surface area contributed by atoms with Gasteiger partial charge in [-0.25, -0.2) is 0 Å². The summed E-state index contributed by atoms with van der Waals surface area (Å²) in [6.07, 6.45) is 1.45. The van der Waals surface area contributed by atoms with Crippen molar-refractivity contribution in [2.45, 2.75) is 30.8 Å². The molecule has 1 aliphatic rings. The van der Waals surface area contributed by atoms with E-state index >= 15 is 0 Å². The molecule has 1 aromatic heterocycles. The Hall–Kier alpha value is -3.16. The predicted molar refractivity (Wildman–Crippen MR) is 126 cm³/mol. The maximum absolute atomic E-state index is 13.2. The molecule has 156 valence electrons. The maximum atomic E-state index is 13.2. The van der Waals surface area contributed by atoms with Gasteiger partial charge in [0.15, 0.2) is 10.2 Å². The summed E-state index contributed by atoms with van der Waals surface area (Å²) in [4.78, 5) is 28.1. The van der Waals surface area contributed by atoms with Crippen LogP contribution in [-0.2, 0) is 9.59 Å². The molecule has 0 bridgehead atoms. The molecule has 1 N–H and O–H groups in total. The number of nitrogens with zero attached hydrogens (tertiary/aromatic N) is 1. The molecule has 7 heteroatoms. The van der Waals surface area contributed by atoms with Crippen molar-refractivity contribution in [1.29, 1.82) is 0 Å². The lowest BCUT2D eigenvalue weighted by molar-refractivity contribution is -0.122. The van der Waals surface area contributed by atoms with Crippen LogP contribution in [0.1, 0.15) is 22.5 Å². The van der Waals surface area contributed by atoms with Crippen LogP contribution < -0.4 is 10.2 Å². The molecular weight excluding hydrogens is 428 g/mol. The Morgan fingerprint density at radius 1 is 0.968 bits per heavy atom. The van der Waals surface area contributed by atoms with Crippen LogP contribution >= 0.6 is 24.0 Å². The monoisotopic (exact) mass is 448 g/mol. The second kappa shape index (κ2) is 8.53. The van der Waals surface area contributed by atoms with Gasteiger partial charge in [-0.15, -0.1) is 0 Å². The lowest BCUT2D eigenvalue weighted by atomic mass is 10.1. The summed E-state index contributed by atoms with van der Waals surface area (Å²) < 4.78 is 5.83. The zero-order valence-electron chi connectivity index (χ0n) is 17.3. The van der Waals surface area contributed by atoms with E-state index in [0.29, 0.717) is 16.5 Å². The summed E-state index contributed by atoms with van der Waals surface area (Å²) in [5.74, 6) is -0.605. The van der Waals surface area contributed by atoms with E-state index in [2.05, 4.69) is 5.32 Å². The fraction of sp³-hybridized carbons (Fsp3) is 0.125. The van der Waals surface area contributed by atoms with Crippen molar-refractivity contribution >= 4 is 52.7 Å². The van der Waals surface area contributed by atoms with Gasteiger partial charge in [0, 0.05) is 4.90 Å². The number of carbonyl (C=O) groups is 2. The van der Waals surface area contributed by atoms with Crippen LogP contribution in [0.3, 0.4) is 0 Å². The molecule has 1 fully saturated rings. The Morgan fingerprint density at radius 3 is 2.39 bits per heavy atom. The Morgan fingerprint density at radius 2 is 1.68 bits per heavy atom. The molecule has 0 atom stereocenters. The number of nitrogens with one attached hydrogen (secondary N) is 1. The highest BCUT2D eigenvalue weighted by Crippen LogP contribution is 2.31. The van der Waals surface area contributed by atoms with Gasteiger partial charge in [-0.1, -0.05) is 47.2 Å². The molecule has 31 heavy (non-hydrogen) atoms. The van der Waals surface area contributed by atoms with Crippen molar-refractivity contribution < 1.29 is 14.0 Å². The number of anilines is 1. The van der Waals surface area contributed by atoms with E-state index in [-0.39, 0.29) is 10.7 Å². The fourth-order valence-electron chi connectivity index (χ4n) is 3.26. The standard InChI is InChI=1S/C24H20N2O3S2/c1-14-4-8-18(9-5-14)31-21-11-7-17(29-21)13-19-22(27)25-24(30)26(23(19)28)20-10-6-15(2)12-16(20)3/h4-13H,1-3H3,(H,25,27,30)/b19-13+. The van der Waals surface area contributed by atoms with Crippen LogP contribution in [0.2, 0.25) is 0 Å². The molecule has 0 saturated carbocycles. The topological polar surface area (TPSA) is 62.6 Å². The van der Waals surface area contributed by atoms with Gasteiger partial charge in [-0.05, 0) is 75.0 Å². The average molecular weight is 449 g/mol. The molecule has 1 aliphatic heterocycles. The normalized spacial score (nSPS) is 15.5. The van der Waals surface area contributed by atoms with E-state index in [1.807, 2.05) is 69.3 Å². The third-order valence-electron chi connectivity index (χ3n) is 4.82. The molecule has 0 aliphatic carbocycles. The summed E-state index contributed by atoms with van der Waals surface area (Å²) in [7, 11) is 0. The highest BCUT2D eigenvalue weighted by molar-refractivity contribution is 7.99. The summed E-state index contributed by atoms with van der Waals surface area (Å²) >= 11 is 6.75. The van der Waals surface area contributed by atoms with Crippen molar-refractivity contribution in [3.05, 3.63) is 82.6 Å².